The van der Waals surface area contributed by atoms with Gasteiger partial charge < -0.3 is 4.90 Å². The number of piperidine rings is 1. The van der Waals surface area contributed by atoms with E-state index < -0.39 is 20.9 Å². The van der Waals surface area contributed by atoms with Gasteiger partial charge >= 0.3 is 0 Å². The zero-order valence-corrected chi connectivity index (χ0v) is 18.3. The van der Waals surface area contributed by atoms with Gasteiger partial charge in [0.25, 0.3) is 0 Å². The molecule has 4 rings (SSSR count). The fourth-order valence-electron chi connectivity index (χ4n) is 3.46. The summed E-state index contributed by atoms with van der Waals surface area (Å²) in [6, 6.07) is 10.9. The minimum atomic E-state index is -3.48. The molecule has 1 aliphatic rings. The molecule has 0 bridgehead atoms. The van der Waals surface area contributed by atoms with Crippen molar-refractivity contribution in [3.63, 3.8) is 0 Å². The maximum Gasteiger partial charge on any atom is 0.185 e. The van der Waals surface area contributed by atoms with Crippen LogP contribution < -0.4 is 4.90 Å². The maximum atomic E-state index is 13.6. The Balaban J connectivity index is 1.48. The van der Waals surface area contributed by atoms with E-state index in [4.69, 9.17) is 23.2 Å². The van der Waals surface area contributed by atoms with Crippen LogP contribution >= 0.6 is 34.5 Å². The molecule has 0 N–H and O–H groups in total. The summed E-state index contributed by atoms with van der Waals surface area (Å²) >= 11 is 13.5. The van der Waals surface area contributed by atoms with Crippen LogP contribution in [0.25, 0.3) is 11.3 Å². The highest BCUT2D eigenvalue weighted by molar-refractivity contribution is 7.92. The van der Waals surface area contributed by atoms with Gasteiger partial charge in [0.05, 0.1) is 20.9 Å². The summed E-state index contributed by atoms with van der Waals surface area (Å²) in [5.41, 5.74) is 1.27. The molecular formula is C20H17Cl2FN2O2S2. The third-order valence-electron chi connectivity index (χ3n) is 4.94. The van der Waals surface area contributed by atoms with Gasteiger partial charge in [0.1, 0.15) is 5.82 Å². The average Bonchev–Trinajstić information content (AvgIpc) is 3.18. The van der Waals surface area contributed by atoms with Gasteiger partial charge in [-0.25, -0.2) is 17.8 Å². The van der Waals surface area contributed by atoms with E-state index in [1.807, 2.05) is 5.38 Å². The average molecular weight is 471 g/mol. The third-order valence-corrected chi connectivity index (χ3v) is 8.82. The number of anilines is 1. The molecule has 0 aliphatic carbocycles. The lowest BCUT2D eigenvalue weighted by molar-refractivity contribution is 0.529. The number of benzene rings is 2. The molecule has 0 atom stereocenters. The summed E-state index contributed by atoms with van der Waals surface area (Å²) in [5, 5.41) is 2.75. The van der Waals surface area contributed by atoms with Crippen molar-refractivity contribution in [3.05, 3.63) is 63.7 Å². The lowest BCUT2D eigenvalue weighted by Gasteiger charge is -2.31. The quantitative estimate of drug-likeness (QED) is 0.490. The van der Waals surface area contributed by atoms with E-state index in [2.05, 4.69) is 9.88 Å². The van der Waals surface area contributed by atoms with Crippen molar-refractivity contribution in [2.45, 2.75) is 23.0 Å². The van der Waals surface area contributed by atoms with Crippen LogP contribution in [-0.4, -0.2) is 31.7 Å². The number of rotatable bonds is 4. The first-order chi connectivity index (χ1) is 13.8. The number of hydrogen-bond acceptors (Lipinski definition) is 5. The monoisotopic (exact) mass is 470 g/mol. The van der Waals surface area contributed by atoms with Crippen LogP contribution in [0, 0.1) is 5.82 Å². The number of thiazole rings is 1. The Hall–Kier alpha value is -1.67. The Morgan fingerprint density at radius 2 is 1.83 bits per heavy atom. The van der Waals surface area contributed by atoms with Gasteiger partial charge in [0.2, 0.25) is 0 Å². The third kappa shape index (κ3) is 4.28. The van der Waals surface area contributed by atoms with Gasteiger partial charge in [0.15, 0.2) is 15.0 Å². The van der Waals surface area contributed by atoms with Crippen LogP contribution in [0.5, 0.6) is 0 Å². The molecule has 0 unspecified atom stereocenters. The molecule has 1 saturated heterocycles. The molecule has 1 aliphatic heterocycles. The van der Waals surface area contributed by atoms with Crippen molar-refractivity contribution < 1.29 is 12.8 Å². The first kappa shape index (κ1) is 20.6. The van der Waals surface area contributed by atoms with Crippen LogP contribution in [0.15, 0.2) is 52.7 Å². The van der Waals surface area contributed by atoms with Crippen molar-refractivity contribution in [3.8, 4) is 11.3 Å². The second kappa shape index (κ2) is 8.22. The Labute approximate surface area is 182 Å². The zero-order chi connectivity index (χ0) is 20.6. The van der Waals surface area contributed by atoms with Gasteiger partial charge in [-0.3, -0.25) is 0 Å². The first-order valence-electron chi connectivity index (χ1n) is 9.00. The molecule has 9 heteroatoms. The number of aromatic nitrogens is 1. The standard InChI is InChI=1S/C20H17Cl2FN2O2S2/c21-14-9-13(10-15(23)11-14)18-12-28-20(24-18)25-7-5-16(6-8-25)29(26,27)19-4-2-1-3-17(19)22/h1-4,9-12,16H,5-8H2. The number of halogens is 3. The molecule has 2 aromatic carbocycles. The first-order valence-corrected chi connectivity index (χ1v) is 12.2. The predicted molar refractivity (Wildman–Crippen MR) is 116 cm³/mol. The Morgan fingerprint density at radius 3 is 2.52 bits per heavy atom. The van der Waals surface area contributed by atoms with Gasteiger partial charge in [-0.2, -0.15) is 0 Å². The molecule has 1 fully saturated rings. The van der Waals surface area contributed by atoms with E-state index in [9.17, 15) is 12.8 Å². The Bertz CT molecular complexity index is 1120. The van der Waals surface area contributed by atoms with Gasteiger partial charge in [-0.05, 0) is 43.2 Å². The van der Waals surface area contributed by atoms with Crippen molar-refractivity contribution >= 4 is 49.5 Å². The highest BCUT2D eigenvalue weighted by Gasteiger charge is 2.33. The van der Waals surface area contributed by atoms with E-state index in [1.54, 1.807) is 30.3 Å². The SMILES string of the molecule is O=S(=O)(c1ccccc1Cl)C1CCN(c2nc(-c3cc(F)cc(Cl)c3)cs2)CC1. The number of nitrogens with zero attached hydrogens (tertiary/aromatic N) is 2. The topological polar surface area (TPSA) is 50.3 Å². The van der Waals surface area contributed by atoms with Crippen LogP contribution in [0.2, 0.25) is 10.0 Å². The van der Waals surface area contributed by atoms with E-state index in [0.717, 1.165) is 5.13 Å². The summed E-state index contributed by atoms with van der Waals surface area (Å²) in [6.45, 7) is 1.15. The van der Waals surface area contributed by atoms with Crippen LogP contribution in [0.1, 0.15) is 12.8 Å². The molecule has 3 aromatic rings. The van der Waals surface area contributed by atoms with Gasteiger partial charge in [0, 0.05) is 29.1 Å². The van der Waals surface area contributed by atoms with Crippen LogP contribution in [0.3, 0.4) is 0 Å². The molecular weight excluding hydrogens is 454 g/mol. The minimum absolute atomic E-state index is 0.194. The highest BCUT2D eigenvalue weighted by Crippen LogP contribution is 2.34. The second-order valence-corrected chi connectivity index (χ2v) is 10.7. The summed E-state index contributed by atoms with van der Waals surface area (Å²) < 4.78 is 39.5. The second-order valence-electron chi connectivity index (χ2n) is 6.84. The van der Waals surface area contributed by atoms with Crippen molar-refractivity contribution in [2.75, 3.05) is 18.0 Å². The molecule has 0 spiro atoms. The molecule has 29 heavy (non-hydrogen) atoms. The molecule has 1 aromatic heterocycles. The maximum absolute atomic E-state index is 13.6. The number of hydrogen-bond donors (Lipinski definition) is 0. The summed E-state index contributed by atoms with van der Waals surface area (Å²) in [7, 11) is -3.48. The van der Waals surface area contributed by atoms with E-state index in [0.29, 0.717) is 42.2 Å². The van der Waals surface area contributed by atoms with Crippen molar-refractivity contribution in [1.29, 1.82) is 0 Å². The molecule has 0 saturated carbocycles. The Morgan fingerprint density at radius 1 is 1.10 bits per heavy atom. The molecule has 4 nitrogen and oxygen atoms in total. The van der Waals surface area contributed by atoms with Gasteiger partial charge in [-0.15, -0.1) is 11.3 Å². The molecule has 0 amide bonds. The fraction of sp³-hybridized carbons (Fsp3) is 0.250. The van der Waals surface area contributed by atoms with E-state index in [1.165, 1.54) is 23.5 Å². The predicted octanol–water partition coefficient (Wildman–Crippen LogP) is 5.70. The van der Waals surface area contributed by atoms with Crippen LogP contribution in [0.4, 0.5) is 9.52 Å². The molecule has 2 heterocycles. The van der Waals surface area contributed by atoms with Crippen molar-refractivity contribution in [1.82, 2.24) is 4.98 Å². The normalized spacial score (nSPS) is 15.6. The summed E-state index contributed by atoms with van der Waals surface area (Å²) in [5.74, 6) is -0.410. The van der Waals surface area contributed by atoms with E-state index >= 15 is 0 Å². The summed E-state index contributed by atoms with van der Waals surface area (Å²) in [6.07, 6.45) is 0.989. The zero-order valence-electron chi connectivity index (χ0n) is 15.2. The largest absolute Gasteiger partial charge is 0.348 e. The highest BCUT2D eigenvalue weighted by atomic mass is 35.5. The van der Waals surface area contributed by atoms with Crippen LogP contribution in [-0.2, 0) is 9.84 Å². The van der Waals surface area contributed by atoms with Gasteiger partial charge in [-0.1, -0.05) is 35.3 Å². The number of sulfone groups is 1. The Kier molecular flexibility index (Phi) is 5.84. The smallest absolute Gasteiger partial charge is 0.185 e. The molecule has 0 radical (unpaired) electrons. The van der Waals surface area contributed by atoms with Crippen molar-refractivity contribution in [2.24, 2.45) is 0 Å². The molecule has 152 valence electrons. The minimum Gasteiger partial charge on any atom is -0.348 e. The lowest BCUT2D eigenvalue weighted by Crippen LogP contribution is -2.39. The fourth-order valence-corrected chi connectivity index (χ4v) is 6.82. The lowest BCUT2D eigenvalue weighted by atomic mass is 10.1. The summed E-state index contributed by atoms with van der Waals surface area (Å²) in [4.78, 5) is 6.85. The van der Waals surface area contributed by atoms with E-state index in [-0.39, 0.29) is 9.92 Å².